The Labute approximate surface area is 407 Å². The summed E-state index contributed by atoms with van der Waals surface area (Å²) in [7, 11) is -11.0. The van der Waals surface area contributed by atoms with E-state index in [-0.39, 0.29) is 168 Å². The number of hydrogen-bond donors (Lipinski definition) is 1. The molecule has 1 heterocycles. The maximum atomic E-state index is 13.1. The molecule has 0 aliphatic carbocycles. The van der Waals surface area contributed by atoms with Crippen LogP contribution in [0.3, 0.4) is 0 Å². The van der Waals surface area contributed by atoms with Crippen molar-refractivity contribution in [2.24, 2.45) is 5.14 Å². The van der Waals surface area contributed by atoms with E-state index in [1.54, 1.807) is 60.7 Å². The van der Waals surface area contributed by atoms with Crippen LogP contribution >= 0.6 is 23.2 Å². The van der Waals surface area contributed by atoms with E-state index in [0.717, 1.165) is 16.7 Å². The first kappa shape index (κ1) is 54.9. The smallest absolute Gasteiger partial charge is 0.662 e. The molecule has 20 heteroatoms. The van der Waals surface area contributed by atoms with Crippen LogP contribution in [-0.2, 0) is 44.5 Å². The molecular formula is C33H40Cl2K2N3O10S3. The zero-order valence-corrected chi connectivity index (χ0v) is 40.4. The van der Waals surface area contributed by atoms with Crippen molar-refractivity contribution in [2.45, 2.75) is 35.5 Å². The van der Waals surface area contributed by atoms with Crippen molar-refractivity contribution in [1.82, 2.24) is 8.61 Å². The van der Waals surface area contributed by atoms with E-state index in [4.69, 9.17) is 38.4 Å². The summed E-state index contributed by atoms with van der Waals surface area (Å²) in [6.07, 6.45) is 0. The number of rotatable bonds is 8. The van der Waals surface area contributed by atoms with Crippen LogP contribution in [0, 0.1) is 20.8 Å². The Morgan fingerprint density at radius 2 is 0.943 bits per heavy atom. The van der Waals surface area contributed by atoms with Crippen LogP contribution in [0.4, 0.5) is 0 Å². The molecule has 0 atom stereocenters. The van der Waals surface area contributed by atoms with Crippen molar-refractivity contribution in [1.29, 1.82) is 0 Å². The summed E-state index contributed by atoms with van der Waals surface area (Å²) >= 11 is 10.0. The number of sulfonamides is 3. The van der Waals surface area contributed by atoms with Gasteiger partial charge in [-0.2, -0.15) is 8.61 Å². The molecule has 0 spiro atoms. The predicted molar refractivity (Wildman–Crippen MR) is 200 cm³/mol. The van der Waals surface area contributed by atoms with Gasteiger partial charge in [-0.3, -0.25) is 9.59 Å². The molecule has 281 valence electrons. The van der Waals surface area contributed by atoms with Gasteiger partial charge in [0.25, 0.3) is 6.47 Å². The van der Waals surface area contributed by atoms with Gasteiger partial charge in [-0.15, -0.1) is 23.2 Å². The molecule has 0 aromatic heterocycles. The maximum Gasteiger partial charge on any atom is 1.00 e. The fraction of sp³-hybridized carbons (Fsp3) is 0.273. The number of nitrogens with zero attached hydrogens (tertiary/aromatic N) is 2. The standard InChI is InChI=1S/C22H26N2O4S2.C7H9NO2S.C3H4Cl2O.CH2O3.2K/c1-17-5-9-21(10-6-17)29(25,26)23-13-19(3)15-24(16-20(4)14-23)30(27,28)22-11-7-18(2)8-12-22;1-6-2-4-7(5-3-6)11(8,9)10;4-1-3(6)2-5;2-1-4-3;;/h5-12H,3-4,13-16H2,1-2H3;2-5H,1H3,(H2,8,9,10);1-2H2;1,3H;;/q;;;;;+1/p-1. The number of halogens is 2. The van der Waals surface area contributed by atoms with E-state index < -0.39 is 30.1 Å². The quantitative estimate of drug-likeness (QED) is 0.0792. The SMILES string of the molecule is C=C1CN(S(=O)(=O)c2ccc(C)cc2)CC(=C)CN(S(=O)(=O)c2ccc(C)cc2)C1.Cc1ccc(S(N)(=O)=O)cc1.O=C(CCl)CCl.O=CO[O-].[K+].[K]. The van der Waals surface area contributed by atoms with E-state index in [9.17, 15) is 30.0 Å². The monoisotopic (exact) mass is 882 g/mol. The van der Waals surface area contributed by atoms with Crippen molar-refractivity contribution >= 4 is 117 Å². The van der Waals surface area contributed by atoms with Gasteiger partial charge in [0.1, 0.15) is 0 Å². The van der Waals surface area contributed by atoms with Gasteiger partial charge in [0.2, 0.25) is 30.1 Å². The number of hydrogen-bond acceptors (Lipinski definition) is 10. The molecule has 2 N–H and O–H groups in total. The molecule has 0 amide bonds. The van der Waals surface area contributed by atoms with Gasteiger partial charge in [0.05, 0.1) is 26.4 Å². The number of aryl methyl sites for hydroxylation is 3. The molecule has 1 fully saturated rings. The van der Waals surface area contributed by atoms with E-state index in [2.05, 4.69) is 18.0 Å². The number of carbonyl (C=O) groups is 2. The van der Waals surface area contributed by atoms with Crippen LogP contribution in [0.2, 0.25) is 0 Å². The van der Waals surface area contributed by atoms with Gasteiger partial charge in [-0.25, -0.2) is 30.4 Å². The van der Waals surface area contributed by atoms with E-state index >= 15 is 0 Å². The van der Waals surface area contributed by atoms with Crippen LogP contribution in [0.1, 0.15) is 16.7 Å². The van der Waals surface area contributed by atoms with Crippen LogP contribution in [0.5, 0.6) is 0 Å². The third-order valence-electron chi connectivity index (χ3n) is 6.60. The molecule has 1 saturated heterocycles. The second-order valence-corrected chi connectivity index (χ2v) is 17.0. The molecule has 13 nitrogen and oxygen atoms in total. The summed E-state index contributed by atoms with van der Waals surface area (Å²) < 4.78 is 76.4. The number of nitrogens with two attached hydrogens (primary N) is 1. The fourth-order valence-electron chi connectivity index (χ4n) is 4.03. The average Bonchev–Trinajstić information content (AvgIpc) is 3.07. The number of alkyl halides is 2. The Morgan fingerprint density at radius 3 is 1.13 bits per heavy atom. The van der Waals surface area contributed by atoms with Crippen molar-refractivity contribution < 1.29 is 96.4 Å². The summed E-state index contributed by atoms with van der Waals surface area (Å²) in [6.45, 7) is 13.5. The molecule has 4 rings (SSSR count). The van der Waals surface area contributed by atoms with E-state index in [1.807, 2.05) is 20.8 Å². The molecule has 0 saturated carbocycles. The summed E-state index contributed by atoms with van der Waals surface area (Å²) in [4.78, 5) is 21.7. The van der Waals surface area contributed by atoms with Gasteiger partial charge in [-0.1, -0.05) is 66.2 Å². The largest absolute Gasteiger partial charge is 1.00 e. The van der Waals surface area contributed by atoms with E-state index in [0.29, 0.717) is 11.1 Å². The number of carbonyl (C=O) groups excluding carboxylic acids is 2. The van der Waals surface area contributed by atoms with Crippen LogP contribution in [0.25, 0.3) is 0 Å². The Kier molecular flexibility index (Phi) is 27.7. The second kappa shape index (κ2) is 26.7. The Morgan fingerprint density at radius 1 is 0.698 bits per heavy atom. The van der Waals surface area contributed by atoms with Crippen molar-refractivity contribution in [2.75, 3.05) is 37.9 Å². The fourth-order valence-corrected chi connectivity index (χ4v) is 7.80. The number of Topliss-reactive ketones (excluding diaryl/α,β-unsaturated/α-hetero) is 1. The first-order chi connectivity index (χ1) is 23.7. The van der Waals surface area contributed by atoms with Crippen LogP contribution in [0.15, 0.2) is 112 Å². The summed E-state index contributed by atoms with van der Waals surface area (Å²) in [5.74, 6) is -0.0640. The normalized spacial score (nSPS) is 13.6. The zero-order valence-electron chi connectivity index (χ0n) is 30.2. The zero-order chi connectivity index (χ0) is 39.0. The minimum absolute atomic E-state index is 0. The predicted octanol–water partition coefficient (Wildman–Crippen LogP) is -0.156. The van der Waals surface area contributed by atoms with E-state index in [1.165, 1.54) is 20.7 Å². The second-order valence-electron chi connectivity index (χ2n) is 11.0. The Bertz CT molecular complexity index is 1850. The van der Waals surface area contributed by atoms with Gasteiger partial charge in [-0.05, 0) is 68.3 Å². The Balaban J connectivity index is 0. The van der Waals surface area contributed by atoms with Gasteiger partial charge < -0.3 is 10.1 Å². The third-order valence-corrected chi connectivity index (χ3v) is 11.7. The van der Waals surface area contributed by atoms with Crippen LogP contribution in [-0.4, -0.2) is 135 Å². The van der Waals surface area contributed by atoms with Gasteiger partial charge in [0.15, 0.2) is 5.78 Å². The minimum Gasteiger partial charge on any atom is -0.662 e. The number of primary sulfonamides is 1. The molecular weight excluding hydrogens is 844 g/mol. The molecule has 0 unspecified atom stereocenters. The molecule has 53 heavy (non-hydrogen) atoms. The van der Waals surface area contributed by atoms with Crippen molar-refractivity contribution in [3.63, 3.8) is 0 Å². The first-order valence-electron chi connectivity index (χ1n) is 14.6. The van der Waals surface area contributed by atoms with Crippen molar-refractivity contribution in [3.8, 4) is 0 Å². The Hall–Kier alpha value is -0.177. The molecule has 3 aromatic rings. The third kappa shape index (κ3) is 19.7. The van der Waals surface area contributed by atoms with Crippen LogP contribution < -0.4 is 61.8 Å². The number of ketones is 1. The minimum atomic E-state index is -3.75. The molecule has 0 bridgehead atoms. The van der Waals surface area contributed by atoms with Gasteiger partial charge >= 0.3 is 51.4 Å². The molecule has 1 aliphatic rings. The number of benzene rings is 3. The summed E-state index contributed by atoms with van der Waals surface area (Å²) in [6, 6.07) is 19.7. The molecule has 1 radical (unpaired) electrons. The summed E-state index contributed by atoms with van der Waals surface area (Å²) in [5, 5.41) is 13.3. The van der Waals surface area contributed by atoms with Crippen molar-refractivity contribution in [3.05, 3.63) is 114 Å². The average molecular weight is 884 g/mol. The topological polar surface area (TPSA) is 201 Å². The first-order valence-corrected chi connectivity index (χ1v) is 20.1. The maximum absolute atomic E-state index is 13.1. The molecule has 3 aromatic carbocycles. The molecule has 1 aliphatic heterocycles. The van der Waals surface area contributed by atoms with Gasteiger partial charge in [0, 0.05) is 77.6 Å². The summed E-state index contributed by atoms with van der Waals surface area (Å²) in [5.41, 5.74) is 3.93.